The van der Waals surface area contributed by atoms with Crippen LogP contribution in [0.5, 0.6) is 0 Å². The number of thiocarbonyl (C=S) groups is 1. The molecule has 1 aromatic carbocycles. The van der Waals surface area contributed by atoms with Gasteiger partial charge in [0.25, 0.3) is 0 Å². The number of hydrogen-bond acceptors (Lipinski definition) is 3. The fourth-order valence-electron chi connectivity index (χ4n) is 2.11. The van der Waals surface area contributed by atoms with Crippen molar-refractivity contribution in [1.29, 1.82) is 0 Å². The van der Waals surface area contributed by atoms with E-state index in [0.29, 0.717) is 24.0 Å². The molecule has 0 aliphatic carbocycles. The highest BCUT2D eigenvalue weighted by Gasteiger charge is 2.27. The van der Waals surface area contributed by atoms with Crippen molar-refractivity contribution in [1.82, 2.24) is 10.6 Å². The molecule has 0 bridgehead atoms. The Bertz CT molecular complexity index is 529. The van der Waals surface area contributed by atoms with Gasteiger partial charge < -0.3 is 10.6 Å². The molecule has 1 heterocycles. The number of sulfone groups is 1. The Hall–Kier alpha value is -1.14. The third-order valence-electron chi connectivity index (χ3n) is 3.17. The van der Waals surface area contributed by atoms with E-state index in [4.69, 9.17) is 12.2 Å². The fraction of sp³-hybridized carbons (Fsp3) is 0.462. The van der Waals surface area contributed by atoms with Crippen LogP contribution in [0.15, 0.2) is 30.3 Å². The summed E-state index contributed by atoms with van der Waals surface area (Å²) in [4.78, 5) is 0. The van der Waals surface area contributed by atoms with E-state index < -0.39 is 9.84 Å². The molecule has 4 nitrogen and oxygen atoms in total. The van der Waals surface area contributed by atoms with Crippen molar-refractivity contribution < 1.29 is 8.42 Å². The minimum atomic E-state index is -2.80. The molecule has 2 N–H and O–H groups in total. The van der Waals surface area contributed by atoms with Crippen molar-refractivity contribution in [3.63, 3.8) is 0 Å². The van der Waals surface area contributed by atoms with Crippen LogP contribution < -0.4 is 10.6 Å². The lowest BCUT2D eigenvalue weighted by Crippen LogP contribution is -2.37. The molecule has 6 heteroatoms. The maximum absolute atomic E-state index is 11.3. The van der Waals surface area contributed by atoms with Crippen LogP contribution in [0, 0.1) is 5.92 Å². The van der Waals surface area contributed by atoms with Crippen LogP contribution in [0.4, 0.5) is 0 Å². The average Bonchev–Trinajstić information content (AvgIpc) is 2.75. The molecular weight excluding hydrogens is 280 g/mol. The van der Waals surface area contributed by atoms with E-state index in [2.05, 4.69) is 10.6 Å². The summed E-state index contributed by atoms with van der Waals surface area (Å²) >= 11 is 5.17. The normalized spacial score (nSPS) is 20.9. The van der Waals surface area contributed by atoms with Crippen LogP contribution >= 0.6 is 12.2 Å². The van der Waals surface area contributed by atoms with Crippen LogP contribution in [-0.2, 0) is 16.4 Å². The molecule has 2 rings (SSSR count). The van der Waals surface area contributed by atoms with E-state index >= 15 is 0 Å². The van der Waals surface area contributed by atoms with Gasteiger partial charge >= 0.3 is 0 Å². The summed E-state index contributed by atoms with van der Waals surface area (Å²) in [6, 6.07) is 9.99. The molecule has 1 aliphatic heterocycles. The zero-order chi connectivity index (χ0) is 13.7. The molecule has 1 saturated heterocycles. The van der Waals surface area contributed by atoms with Gasteiger partial charge in [0, 0.05) is 13.1 Å². The van der Waals surface area contributed by atoms with Gasteiger partial charge in [-0.2, -0.15) is 0 Å². The molecular formula is C13H18N2O2S2. The van der Waals surface area contributed by atoms with Gasteiger partial charge in [0.1, 0.15) is 0 Å². The van der Waals surface area contributed by atoms with Gasteiger partial charge in [-0.25, -0.2) is 8.42 Å². The molecule has 19 heavy (non-hydrogen) atoms. The molecule has 0 aromatic heterocycles. The predicted octanol–water partition coefficient (Wildman–Crippen LogP) is 1.09. The summed E-state index contributed by atoms with van der Waals surface area (Å²) in [7, 11) is -2.80. The summed E-state index contributed by atoms with van der Waals surface area (Å²) in [6.07, 6.45) is 0.733. The Morgan fingerprint density at radius 3 is 2.63 bits per heavy atom. The second-order valence-corrected chi connectivity index (χ2v) is 7.46. The summed E-state index contributed by atoms with van der Waals surface area (Å²) in [6.45, 7) is 1.30. The molecule has 0 saturated carbocycles. The third-order valence-corrected chi connectivity index (χ3v) is 5.30. The molecule has 0 radical (unpaired) electrons. The van der Waals surface area contributed by atoms with Crippen molar-refractivity contribution >= 4 is 27.2 Å². The Labute approximate surface area is 119 Å². The van der Waals surface area contributed by atoms with E-state index in [-0.39, 0.29) is 11.7 Å². The standard InChI is InChI=1S/C13H18N2O2S2/c16-19(17)7-6-12(10-19)9-15-13(18)14-8-11-4-2-1-3-5-11/h1-5,12H,6-10H2,(H2,14,15,18). The lowest BCUT2D eigenvalue weighted by molar-refractivity contribution is 0.570. The van der Waals surface area contributed by atoms with Gasteiger partial charge in [-0.05, 0) is 30.1 Å². The SMILES string of the molecule is O=S1(=O)CCC(CNC(=S)NCc2ccccc2)C1. The second-order valence-electron chi connectivity index (χ2n) is 4.82. The number of benzene rings is 1. The summed E-state index contributed by atoms with van der Waals surface area (Å²) in [5.41, 5.74) is 1.16. The molecule has 1 aromatic rings. The van der Waals surface area contributed by atoms with E-state index in [1.165, 1.54) is 0 Å². The van der Waals surface area contributed by atoms with Crippen LogP contribution in [0.1, 0.15) is 12.0 Å². The van der Waals surface area contributed by atoms with Crippen molar-refractivity contribution in [3.8, 4) is 0 Å². The zero-order valence-electron chi connectivity index (χ0n) is 10.6. The van der Waals surface area contributed by atoms with Gasteiger partial charge in [0.2, 0.25) is 0 Å². The third kappa shape index (κ3) is 4.80. The van der Waals surface area contributed by atoms with E-state index in [1.54, 1.807) is 0 Å². The molecule has 1 fully saturated rings. The van der Waals surface area contributed by atoms with Gasteiger partial charge in [-0.3, -0.25) is 0 Å². The van der Waals surface area contributed by atoms with Crippen molar-refractivity contribution in [2.75, 3.05) is 18.1 Å². The summed E-state index contributed by atoms with van der Waals surface area (Å²) < 4.78 is 22.6. The molecule has 1 atom stereocenters. The first-order valence-electron chi connectivity index (χ1n) is 6.31. The largest absolute Gasteiger partial charge is 0.362 e. The first-order chi connectivity index (χ1) is 9.05. The molecule has 0 amide bonds. The van der Waals surface area contributed by atoms with Crippen molar-refractivity contribution in [3.05, 3.63) is 35.9 Å². The van der Waals surface area contributed by atoms with Crippen LogP contribution in [0.2, 0.25) is 0 Å². The Balaban J connectivity index is 1.68. The zero-order valence-corrected chi connectivity index (χ0v) is 12.3. The van der Waals surface area contributed by atoms with E-state index in [9.17, 15) is 8.42 Å². The first-order valence-corrected chi connectivity index (χ1v) is 8.54. The highest BCUT2D eigenvalue weighted by atomic mass is 32.2. The maximum atomic E-state index is 11.3. The van der Waals surface area contributed by atoms with Gasteiger partial charge in [0.05, 0.1) is 11.5 Å². The van der Waals surface area contributed by atoms with Gasteiger partial charge in [0.15, 0.2) is 14.9 Å². The lowest BCUT2D eigenvalue weighted by atomic mass is 10.1. The van der Waals surface area contributed by atoms with Crippen molar-refractivity contribution in [2.24, 2.45) is 5.92 Å². The number of rotatable bonds is 4. The van der Waals surface area contributed by atoms with Crippen molar-refractivity contribution in [2.45, 2.75) is 13.0 Å². The van der Waals surface area contributed by atoms with E-state index in [1.807, 2.05) is 30.3 Å². The lowest BCUT2D eigenvalue weighted by Gasteiger charge is -2.13. The predicted molar refractivity (Wildman–Crippen MR) is 80.6 cm³/mol. The second kappa shape index (κ2) is 6.34. The van der Waals surface area contributed by atoms with Crippen LogP contribution in [0.3, 0.4) is 0 Å². The molecule has 0 spiro atoms. The van der Waals surface area contributed by atoms with Crippen LogP contribution in [-0.4, -0.2) is 31.6 Å². The topological polar surface area (TPSA) is 58.2 Å². The Kier molecular flexibility index (Phi) is 4.76. The summed E-state index contributed by atoms with van der Waals surface area (Å²) in [5.74, 6) is 0.770. The Morgan fingerprint density at radius 2 is 2.00 bits per heavy atom. The molecule has 1 aliphatic rings. The number of nitrogens with one attached hydrogen (secondary N) is 2. The quantitative estimate of drug-likeness (QED) is 0.815. The Morgan fingerprint density at radius 1 is 1.26 bits per heavy atom. The monoisotopic (exact) mass is 298 g/mol. The number of hydrogen-bond donors (Lipinski definition) is 2. The highest BCUT2D eigenvalue weighted by molar-refractivity contribution is 7.91. The minimum absolute atomic E-state index is 0.182. The fourth-order valence-corrected chi connectivity index (χ4v) is 4.13. The highest BCUT2D eigenvalue weighted by Crippen LogP contribution is 2.17. The van der Waals surface area contributed by atoms with E-state index in [0.717, 1.165) is 12.0 Å². The van der Waals surface area contributed by atoms with Gasteiger partial charge in [-0.15, -0.1) is 0 Å². The molecule has 104 valence electrons. The van der Waals surface area contributed by atoms with Crippen LogP contribution in [0.25, 0.3) is 0 Å². The molecule has 1 unspecified atom stereocenters. The average molecular weight is 298 g/mol. The first kappa shape index (κ1) is 14.3. The van der Waals surface area contributed by atoms with Gasteiger partial charge in [-0.1, -0.05) is 30.3 Å². The summed E-state index contributed by atoms with van der Waals surface area (Å²) in [5, 5.41) is 6.78. The smallest absolute Gasteiger partial charge is 0.166 e. The maximum Gasteiger partial charge on any atom is 0.166 e. The minimum Gasteiger partial charge on any atom is -0.362 e.